The molecule has 0 spiro atoms. The summed E-state index contributed by atoms with van der Waals surface area (Å²) in [6, 6.07) is 0. The molecule has 1 aromatic heterocycles. The molecule has 0 aromatic carbocycles. The van der Waals surface area contributed by atoms with Crippen LogP contribution in [0, 0.1) is 12.8 Å². The van der Waals surface area contributed by atoms with Crippen molar-refractivity contribution in [2.24, 2.45) is 5.92 Å². The normalized spacial score (nSPS) is 23.2. The molecule has 4 heteroatoms. The molecule has 1 fully saturated rings. The lowest BCUT2D eigenvalue weighted by Crippen LogP contribution is -2.24. The standard InChI is InChI=1S/C13H16N2O2/c1-7-10-6-9(13(16)17)4-5-11(10)15-12(14-7)8-2-3-8/h8-9H,2-6H2,1H3,(H,16,17). The Bertz CT molecular complexity index is 481. The molecule has 0 bridgehead atoms. The summed E-state index contributed by atoms with van der Waals surface area (Å²) < 4.78 is 0. The van der Waals surface area contributed by atoms with Crippen LogP contribution in [0.15, 0.2) is 0 Å². The smallest absolute Gasteiger partial charge is 0.306 e. The van der Waals surface area contributed by atoms with Crippen LogP contribution in [0.5, 0.6) is 0 Å². The number of hydrogen-bond donors (Lipinski definition) is 1. The van der Waals surface area contributed by atoms with Crippen molar-refractivity contribution in [3.63, 3.8) is 0 Å². The summed E-state index contributed by atoms with van der Waals surface area (Å²) in [7, 11) is 0. The Labute approximate surface area is 100 Å². The number of fused-ring (bicyclic) bond motifs is 1. The molecule has 1 heterocycles. The molecule has 0 radical (unpaired) electrons. The molecular formula is C13H16N2O2. The predicted molar refractivity (Wildman–Crippen MR) is 61.9 cm³/mol. The van der Waals surface area contributed by atoms with Crippen molar-refractivity contribution in [1.82, 2.24) is 9.97 Å². The molecule has 0 aliphatic heterocycles. The quantitative estimate of drug-likeness (QED) is 0.845. The molecule has 2 aliphatic rings. The fourth-order valence-corrected chi connectivity index (χ4v) is 2.55. The van der Waals surface area contributed by atoms with Gasteiger partial charge in [0, 0.05) is 17.3 Å². The lowest BCUT2D eigenvalue weighted by Gasteiger charge is -2.22. The van der Waals surface area contributed by atoms with Gasteiger partial charge in [0.25, 0.3) is 0 Å². The minimum absolute atomic E-state index is 0.253. The Balaban J connectivity index is 1.95. The van der Waals surface area contributed by atoms with Crippen LogP contribution in [0.3, 0.4) is 0 Å². The van der Waals surface area contributed by atoms with E-state index in [9.17, 15) is 4.79 Å². The summed E-state index contributed by atoms with van der Waals surface area (Å²) in [6.07, 6.45) is 4.51. The number of nitrogens with zero attached hydrogens (tertiary/aromatic N) is 2. The van der Waals surface area contributed by atoms with Crippen molar-refractivity contribution < 1.29 is 9.90 Å². The van der Waals surface area contributed by atoms with Gasteiger partial charge in [0.1, 0.15) is 5.82 Å². The zero-order valence-electron chi connectivity index (χ0n) is 9.94. The Morgan fingerprint density at radius 3 is 2.71 bits per heavy atom. The average Bonchev–Trinajstić information content (AvgIpc) is 3.12. The van der Waals surface area contributed by atoms with E-state index in [0.29, 0.717) is 18.8 Å². The first-order chi connectivity index (χ1) is 8.15. The van der Waals surface area contributed by atoms with Gasteiger partial charge in [-0.25, -0.2) is 9.97 Å². The van der Waals surface area contributed by atoms with Gasteiger partial charge >= 0.3 is 5.97 Å². The summed E-state index contributed by atoms with van der Waals surface area (Å²) in [4.78, 5) is 20.2. The van der Waals surface area contributed by atoms with E-state index in [0.717, 1.165) is 29.2 Å². The Morgan fingerprint density at radius 2 is 2.06 bits per heavy atom. The maximum Gasteiger partial charge on any atom is 0.306 e. The zero-order chi connectivity index (χ0) is 12.0. The number of carboxylic acid groups (broad SMARTS) is 1. The minimum atomic E-state index is -0.693. The Kier molecular flexibility index (Phi) is 2.38. The topological polar surface area (TPSA) is 63.1 Å². The summed E-state index contributed by atoms with van der Waals surface area (Å²) in [5.74, 6) is 0.601. The molecular weight excluding hydrogens is 216 g/mol. The fraction of sp³-hybridized carbons (Fsp3) is 0.615. The predicted octanol–water partition coefficient (Wildman–Crippen LogP) is 1.85. The average molecular weight is 232 g/mol. The highest BCUT2D eigenvalue weighted by atomic mass is 16.4. The Morgan fingerprint density at radius 1 is 1.29 bits per heavy atom. The van der Waals surface area contributed by atoms with E-state index in [1.54, 1.807) is 0 Å². The summed E-state index contributed by atoms with van der Waals surface area (Å²) in [5.41, 5.74) is 3.16. The number of carboxylic acids is 1. The number of rotatable bonds is 2. The third-order valence-electron chi connectivity index (χ3n) is 3.79. The summed E-state index contributed by atoms with van der Waals surface area (Å²) >= 11 is 0. The first kappa shape index (κ1) is 10.7. The second kappa shape index (κ2) is 3.79. The van der Waals surface area contributed by atoms with E-state index in [-0.39, 0.29) is 5.92 Å². The second-order valence-corrected chi connectivity index (χ2v) is 5.14. The van der Waals surface area contributed by atoms with E-state index >= 15 is 0 Å². The van der Waals surface area contributed by atoms with Crippen molar-refractivity contribution in [1.29, 1.82) is 0 Å². The molecule has 3 rings (SSSR count). The lowest BCUT2D eigenvalue weighted by atomic mass is 9.86. The lowest BCUT2D eigenvalue weighted by molar-refractivity contribution is -0.142. The van der Waals surface area contributed by atoms with Gasteiger partial charge in [-0.2, -0.15) is 0 Å². The van der Waals surface area contributed by atoms with Crippen molar-refractivity contribution in [2.75, 3.05) is 0 Å². The van der Waals surface area contributed by atoms with Crippen LogP contribution >= 0.6 is 0 Å². The van der Waals surface area contributed by atoms with Gasteiger partial charge in [0.2, 0.25) is 0 Å². The van der Waals surface area contributed by atoms with Crippen molar-refractivity contribution in [3.8, 4) is 0 Å². The molecule has 4 nitrogen and oxygen atoms in total. The third-order valence-corrected chi connectivity index (χ3v) is 3.79. The van der Waals surface area contributed by atoms with Crippen LogP contribution in [0.1, 0.15) is 48.0 Å². The molecule has 1 N–H and O–H groups in total. The summed E-state index contributed by atoms with van der Waals surface area (Å²) in [6.45, 7) is 1.98. The zero-order valence-corrected chi connectivity index (χ0v) is 9.94. The van der Waals surface area contributed by atoms with E-state index < -0.39 is 5.97 Å². The van der Waals surface area contributed by atoms with Gasteiger partial charge in [-0.15, -0.1) is 0 Å². The first-order valence-electron chi connectivity index (χ1n) is 6.24. The van der Waals surface area contributed by atoms with Gasteiger partial charge in [-0.05, 0) is 44.6 Å². The number of aromatic nitrogens is 2. The SMILES string of the molecule is Cc1nc(C2CC2)nc2c1CC(C(=O)O)CC2. The van der Waals surface area contributed by atoms with E-state index in [1.165, 1.54) is 12.8 Å². The maximum atomic E-state index is 11.0. The molecule has 17 heavy (non-hydrogen) atoms. The van der Waals surface area contributed by atoms with Gasteiger partial charge in [-0.3, -0.25) is 4.79 Å². The monoisotopic (exact) mass is 232 g/mol. The van der Waals surface area contributed by atoms with Crippen molar-refractivity contribution in [2.45, 2.75) is 44.9 Å². The summed E-state index contributed by atoms with van der Waals surface area (Å²) in [5, 5.41) is 9.07. The van der Waals surface area contributed by atoms with E-state index in [1.807, 2.05) is 6.92 Å². The van der Waals surface area contributed by atoms with Crippen LogP contribution < -0.4 is 0 Å². The second-order valence-electron chi connectivity index (χ2n) is 5.14. The van der Waals surface area contributed by atoms with Crippen molar-refractivity contribution >= 4 is 5.97 Å². The van der Waals surface area contributed by atoms with Crippen LogP contribution in [0.25, 0.3) is 0 Å². The Hall–Kier alpha value is -1.45. The molecule has 1 unspecified atom stereocenters. The van der Waals surface area contributed by atoms with Crippen LogP contribution in [-0.4, -0.2) is 21.0 Å². The molecule has 90 valence electrons. The largest absolute Gasteiger partial charge is 0.481 e. The highest BCUT2D eigenvalue weighted by molar-refractivity contribution is 5.71. The fourth-order valence-electron chi connectivity index (χ4n) is 2.55. The number of carbonyl (C=O) groups is 1. The maximum absolute atomic E-state index is 11.0. The van der Waals surface area contributed by atoms with E-state index in [2.05, 4.69) is 9.97 Å². The van der Waals surface area contributed by atoms with Gasteiger partial charge in [0.15, 0.2) is 0 Å². The molecule has 2 aliphatic carbocycles. The molecule has 1 aromatic rings. The van der Waals surface area contributed by atoms with E-state index in [4.69, 9.17) is 5.11 Å². The van der Waals surface area contributed by atoms with Crippen LogP contribution in [0.4, 0.5) is 0 Å². The first-order valence-corrected chi connectivity index (χ1v) is 6.24. The number of aliphatic carboxylic acids is 1. The highest BCUT2D eigenvalue weighted by Gasteiger charge is 2.31. The molecule has 1 saturated carbocycles. The number of aryl methyl sites for hydroxylation is 2. The molecule has 0 saturated heterocycles. The van der Waals surface area contributed by atoms with Gasteiger partial charge in [-0.1, -0.05) is 0 Å². The van der Waals surface area contributed by atoms with Gasteiger partial charge < -0.3 is 5.11 Å². The molecule has 0 amide bonds. The molecule has 1 atom stereocenters. The number of hydrogen-bond acceptors (Lipinski definition) is 3. The minimum Gasteiger partial charge on any atom is -0.481 e. The third kappa shape index (κ3) is 1.92. The van der Waals surface area contributed by atoms with Crippen molar-refractivity contribution in [3.05, 3.63) is 22.8 Å². The van der Waals surface area contributed by atoms with Crippen LogP contribution in [0.2, 0.25) is 0 Å². The van der Waals surface area contributed by atoms with Gasteiger partial charge in [0.05, 0.1) is 5.92 Å². The van der Waals surface area contributed by atoms with Crippen LogP contribution in [-0.2, 0) is 17.6 Å². The highest BCUT2D eigenvalue weighted by Crippen LogP contribution is 2.39.